The van der Waals surface area contributed by atoms with Crippen molar-refractivity contribution in [3.8, 4) is 11.5 Å². The minimum absolute atomic E-state index is 0.734. The van der Waals surface area contributed by atoms with Crippen molar-refractivity contribution in [2.75, 3.05) is 26.8 Å². The summed E-state index contributed by atoms with van der Waals surface area (Å²) in [5.41, 5.74) is 1.28. The molecule has 0 bridgehead atoms. The molecule has 3 nitrogen and oxygen atoms in total. The average molecular weight is 251 g/mol. The highest BCUT2D eigenvalue weighted by Crippen LogP contribution is 2.29. The van der Waals surface area contributed by atoms with Gasteiger partial charge in [-0.05, 0) is 50.6 Å². The fourth-order valence-corrected chi connectivity index (χ4v) is 1.63. The van der Waals surface area contributed by atoms with Crippen LogP contribution in [0.2, 0.25) is 0 Å². The van der Waals surface area contributed by atoms with Gasteiger partial charge >= 0.3 is 0 Å². The Balaban J connectivity index is 2.74. The molecule has 1 rings (SSSR count). The number of rotatable bonds is 9. The number of hydrogen-bond donors (Lipinski definition) is 1. The summed E-state index contributed by atoms with van der Waals surface area (Å²) in [6.07, 6.45) is 3.02. The zero-order chi connectivity index (χ0) is 13.2. The second-order valence-corrected chi connectivity index (χ2v) is 4.33. The van der Waals surface area contributed by atoms with Crippen LogP contribution >= 0.6 is 0 Å². The Labute approximate surface area is 110 Å². The van der Waals surface area contributed by atoms with Gasteiger partial charge in [-0.3, -0.25) is 0 Å². The SMILES string of the molecule is CCCOc1ccc(CCNC)cc1OCCC. The number of likely N-dealkylation sites (N-methyl/N-ethyl adjacent to an activating group) is 1. The predicted octanol–water partition coefficient (Wildman–Crippen LogP) is 3.03. The van der Waals surface area contributed by atoms with Gasteiger partial charge in [-0.25, -0.2) is 0 Å². The van der Waals surface area contributed by atoms with Gasteiger partial charge in [-0.2, -0.15) is 0 Å². The first-order valence-electron chi connectivity index (χ1n) is 6.84. The molecule has 1 N–H and O–H groups in total. The number of benzene rings is 1. The second-order valence-electron chi connectivity index (χ2n) is 4.33. The number of hydrogen-bond acceptors (Lipinski definition) is 3. The van der Waals surface area contributed by atoms with Crippen LogP contribution in [0.3, 0.4) is 0 Å². The highest BCUT2D eigenvalue weighted by atomic mass is 16.5. The van der Waals surface area contributed by atoms with Crippen molar-refractivity contribution in [2.24, 2.45) is 0 Å². The summed E-state index contributed by atoms with van der Waals surface area (Å²) in [4.78, 5) is 0. The zero-order valence-electron chi connectivity index (χ0n) is 11.8. The van der Waals surface area contributed by atoms with Gasteiger partial charge < -0.3 is 14.8 Å². The lowest BCUT2D eigenvalue weighted by Gasteiger charge is -2.13. The molecule has 0 amide bonds. The summed E-state index contributed by atoms with van der Waals surface area (Å²) >= 11 is 0. The fourth-order valence-electron chi connectivity index (χ4n) is 1.63. The standard InChI is InChI=1S/C15H25NO2/c1-4-10-17-14-7-6-13(8-9-16-3)12-15(14)18-11-5-2/h6-7,12,16H,4-5,8-11H2,1-3H3. The molecular weight excluding hydrogens is 226 g/mol. The van der Waals surface area contributed by atoms with E-state index in [1.807, 2.05) is 13.1 Å². The molecule has 0 saturated carbocycles. The summed E-state index contributed by atoms with van der Waals surface area (Å²) in [7, 11) is 1.97. The Hall–Kier alpha value is -1.22. The third-order valence-electron chi connectivity index (χ3n) is 2.60. The van der Waals surface area contributed by atoms with Gasteiger partial charge in [-0.15, -0.1) is 0 Å². The van der Waals surface area contributed by atoms with Gasteiger partial charge in [-0.1, -0.05) is 19.9 Å². The highest BCUT2D eigenvalue weighted by molar-refractivity contribution is 5.43. The third kappa shape index (κ3) is 4.96. The Morgan fingerprint density at radius 1 is 1.00 bits per heavy atom. The van der Waals surface area contributed by atoms with Gasteiger partial charge in [0.15, 0.2) is 11.5 Å². The Kier molecular flexibility index (Phi) is 7.26. The van der Waals surface area contributed by atoms with Crippen LogP contribution in [0.1, 0.15) is 32.3 Å². The number of ether oxygens (including phenoxy) is 2. The highest BCUT2D eigenvalue weighted by Gasteiger charge is 2.06. The van der Waals surface area contributed by atoms with E-state index in [2.05, 4.69) is 31.3 Å². The first-order chi connectivity index (χ1) is 8.81. The summed E-state index contributed by atoms with van der Waals surface area (Å²) < 4.78 is 11.5. The van der Waals surface area contributed by atoms with E-state index >= 15 is 0 Å². The molecule has 0 spiro atoms. The van der Waals surface area contributed by atoms with Crippen molar-refractivity contribution >= 4 is 0 Å². The van der Waals surface area contributed by atoms with E-state index in [1.165, 1.54) is 5.56 Å². The molecule has 0 aliphatic carbocycles. The summed E-state index contributed by atoms with van der Waals surface area (Å²) in [6.45, 7) is 6.66. The monoisotopic (exact) mass is 251 g/mol. The van der Waals surface area contributed by atoms with Crippen molar-refractivity contribution in [3.05, 3.63) is 23.8 Å². The maximum Gasteiger partial charge on any atom is 0.161 e. The zero-order valence-corrected chi connectivity index (χ0v) is 11.8. The maximum atomic E-state index is 5.76. The van der Waals surface area contributed by atoms with Crippen LogP contribution in [-0.4, -0.2) is 26.8 Å². The molecule has 0 saturated heterocycles. The van der Waals surface area contributed by atoms with Crippen LogP contribution in [0, 0.1) is 0 Å². The van der Waals surface area contributed by atoms with E-state index in [0.717, 1.165) is 50.5 Å². The van der Waals surface area contributed by atoms with E-state index in [-0.39, 0.29) is 0 Å². The van der Waals surface area contributed by atoms with Gasteiger partial charge in [0.25, 0.3) is 0 Å². The van der Waals surface area contributed by atoms with Crippen LogP contribution in [-0.2, 0) is 6.42 Å². The topological polar surface area (TPSA) is 30.5 Å². The van der Waals surface area contributed by atoms with Crippen molar-refractivity contribution in [2.45, 2.75) is 33.1 Å². The summed E-state index contributed by atoms with van der Waals surface area (Å²) in [5.74, 6) is 1.73. The van der Waals surface area contributed by atoms with E-state index < -0.39 is 0 Å². The van der Waals surface area contributed by atoms with Gasteiger partial charge in [0, 0.05) is 0 Å². The van der Waals surface area contributed by atoms with Crippen LogP contribution in [0.25, 0.3) is 0 Å². The lowest BCUT2D eigenvalue weighted by Crippen LogP contribution is -2.10. The van der Waals surface area contributed by atoms with E-state index in [1.54, 1.807) is 0 Å². The molecule has 102 valence electrons. The molecular formula is C15H25NO2. The van der Waals surface area contributed by atoms with E-state index in [4.69, 9.17) is 9.47 Å². The van der Waals surface area contributed by atoms with Crippen molar-refractivity contribution < 1.29 is 9.47 Å². The Morgan fingerprint density at radius 3 is 2.28 bits per heavy atom. The molecule has 0 aliphatic rings. The maximum absolute atomic E-state index is 5.76. The molecule has 0 aliphatic heterocycles. The molecule has 0 unspecified atom stereocenters. The quantitative estimate of drug-likeness (QED) is 0.732. The largest absolute Gasteiger partial charge is 0.490 e. The molecule has 0 heterocycles. The average Bonchev–Trinajstić information content (AvgIpc) is 2.41. The lowest BCUT2D eigenvalue weighted by atomic mass is 10.1. The molecule has 1 aromatic rings. The molecule has 18 heavy (non-hydrogen) atoms. The Bertz CT molecular complexity index is 339. The van der Waals surface area contributed by atoms with Crippen molar-refractivity contribution in [1.29, 1.82) is 0 Å². The lowest BCUT2D eigenvalue weighted by molar-refractivity contribution is 0.268. The fraction of sp³-hybridized carbons (Fsp3) is 0.600. The van der Waals surface area contributed by atoms with Crippen LogP contribution < -0.4 is 14.8 Å². The van der Waals surface area contributed by atoms with Crippen LogP contribution in [0.5, 0.6) is 11.5 Å². The van der Waals surface area contributed by atoms with Crippen LogP contribution in [0.4, 0.5) is 0 Å². The third-order valence-corrected chi connectivity index (χ3v) is 2.60. The predicted molar refractivity (Wildman–Crippen MR) is 75.6 cm³/mol. The molecule has 3 heteroatoms. The molecule has 1 aromatic carbocycles. The van der Waals surface area contributed by atoms with Gasteiger partial charge in [0.05, 0.1) is 13.2 Å². The first kappa shape index (κ1) is 14.8. The molecule has 0 aromatic heterocycles. The van der Waals surface area contributed by atoms with Gasteiger partial charge in [0.1, 0.15) is 0 Å². The second kappa shape index (κ2) is 8.81. The first-order valence-corrected chi connectivity index (χ1v) is 6.84. The summed E-state index contributed by atoms with van der Waals surface area (Å²) in [5, 5.41) is 3.16. The summed E-state index contributed by atoms with van der Waals surface area (Å²) in [6, 6.07) is 6.23. The molecule has 0 radical (unpaired) electrons. The van der Waals surface area contributed by atoms with Crippen molar-refractivity contribution in [1.82, 2.24) is 5.32 Å². The van der Waals surface area contributed by atoms with E-state index in [0.29, 0.717) is 0 Å². The normalized spacial score (nSPS) is 10.4. The number of nitrogens with one attached hydrogen (secondary N) is 1. The molecule has 0 atom stereocenters. The Morgan fingerprint density at radius 2 is 1.67 bits per heavy atom. The van der Waals surface area contributed by atoms with Gasteiger partial charge in [0.2, 0.25) is 0 Å². The minimum Gasteiger partial charge on any atom is -0.490 e. The smallest absolute Gasteiger partial charge is 0.161 e. The molecule has 0 fully saturated rings. The van der Waals surface area contributed by atoms with Crippen LogP contribution in [0.15, 0.2) is 18.2 Å². The van der Waals surface area contributed by atoms with E-state index in [9.17, 15) is 0 Å². The van der Waals surface area contributed by atoms with Crippen molar-refractivity contribution in [3.63, 3.8) is 0 Å². The minimum atomic E-state index is 0.734.